The molecule has 0 aliphatic heterocycles. The summed E-state index contributed by atoms with van der Waals surface area (Å²) in [6.07, 6.45) is 3.32. The molecule has 0 aromatic carbocycles. The molecule has 2 N–H and O–H groups in total. The lowest BCUT2D eigenvalue weighted by Gasteiger charge is -2.05. The molecular formula is C16H14N6O2S. The van der Waals surface area contributed by atoms with Gasteiger partial charge in [0, 0.05) is 18.0 Å². The highest BCUT2D eigenvalue weighted by atomic mass is 32.2. The maximum atomic E-state index is 12.2. The van der Waals surface area contributed by atoms with Crippen molar-refractivity contribution >= 4 is 17.4 Å². The van der Waals surface area contributed by atoms with Crippen molar-refractivity contribution in [1.29, 1.82) is 0 Å². The van der Waals surface area contributed by atoms with Gasteiger partial charge in [0.05, 0.1) is 12.0 Å². The molecule has 0 aliphatic rings. The molecule has 25 heavy (non-hydrogen) atoms. The number of aromatic nitrogens is 5. The molecule has 0 saturated carbocycles. The van der Waals surface area contributed by atoms with Gasteiger partial charge in [0.15, 0.2) is 5.76 Å². The fraction of sp³-hybridized carbons (Fsp3) is 0.125. The van der Waals surface area contributed by atoms with Crippen molar-refractivity contribution < 1.29 is 4.42 Å². The average molecular weight is 354 g/mol. The fourth-order valence-electron chi connectivity index (χ4n) is 2.42. The lowest BCUT2D eigenvalue weighted by atomic mass is 10.3. The molecule has 4 aromatic rings. The van der Waals surface area contributed by atoms with Crippen LogP contribution in [-0.4, -0.2) is 24.3 Å². The summed E-state index contributed by atoms with van der Waals surface area (Å²) in [5.41, 5.74) is 2.15. The van der Waals surface area contributed by atoms with Gasteiger partial charge in [-0.25, -0.2) is 9.66 Å². The van der Waals surface area contributed by atoms with E-state index in [4.69, 9.17) is 10.3 Å². The first-order valence-electron chi connectivity index (χ1n) is 7.48. The molecule has 0 saturated heterocycles. The van der Waals surface area contributed by atoms with E-state index in [1.807, 2.05) is 19.1 Å². The highest BCUT2D eigenvalue weighted by Crippen LogP contribution is 2.23. The fourth-order valence-corrected chi connectivity index (χ4v) is 3.17. The molecule has 0 spiro atoms. The number of nitrogens with zero attached hydrogens (tertiary/aromatic N) is 5. The van der Waals surface area contributed by atoms with E-state index in [2.05, 4.69) is 15.2 Å². The van der Waals surface area contributed by atoms with Crippen molar-refractivity contribution in [2.45, 2.75) is 17.8 Å². The number of fused-ring (bicyclic) bond motifs is 1. The Morgan fingerprint density at radius 1 is 1.28 bits per heavy atom. The monoisotopic (exact) mass is 354 g/mol. The molecule has 4 aromatic heterocycles. The van der Waals surface area contributed by atoms with Gasteiger partial charge >= 0.3 is 0 Å². The summed E-state index contributed by atoms with van der Waals surface area (Å²) < 4.78 is 8.17. The first-order chi connectivity index (χ1) is 12.1. The molecule has 4 heterocycles. The number of nitrogen functional groups attached to an aromatic ring is 1. The van der Waals surface area contributed by atoms with Gasteiger partial charge in [-0.05, 0) is 30.7 Å². The summed E-state index contributed by atoms with van der Waals surface area (Å²) in [6.45, 7) is 1.93. The SMILES string of the molecule is Cc1ccc2nc(CSc3nnc(-c4ccco4)n3N)cc(=O)n2c1. The summed E-state index contributed by atoms with van der Waals surface area (Å²) in [5.74, 6) is 7.45. The molecule has 0 amide bonds. The van der Waals surface area contributed by atoms with Gasteiger partial charge in [-0.3, -0.25) is 9.20 Å². The largest absolute Gasteiger partial charge is 0.461 e. The third-order valence-corrected chi connectivity index (χ3v) is 4.59. The Balaban J connectivity index is 1.59. The van der Waals surface area contributed by atoms with Gasteiger partial charge in [-0.1, -0.05) is 17.8 Å². The first kappa shape index (κ1) is 15.5. The molecular weight excluding hydrogens is 340 g/mol. The number of nitrogens with two attached hydrogens (primary N) is 1. The summed E-state index contributed by atoms with van der Waals surface area (Å²) in [7, 11) is 0. The van der Waals surface area contributed by atoms with E-state index in [0.29, 0.717) is 33.8 Å². The highest BCUT2D eigenvalue weighted by molar-refractivity contribution is 7.98. The van der Waals surface area contributed by atoms with Crippen LogP contribution in [0.15, 0.2) is 57.2 Å². The maximum absolute atomic E-state index is 12.2. The van der Waals surface area contributed by atoms with Crippen LogP contribution in [0.1, 0.15) is 11.3 Å². The van der Waals surface area contributed by atoms with Crippen LogP contribution < -0.4 is 11.4 Å². The summed E-state index contributed by atoms with van der Waals surface area (Å²) in [5, 5.41) is 8.61. The van der Waals surface area contributed by atoms with Gasteiger partial charge in [-0.15, -0.1) is 10.2 Å². The molecule has 0 unspecified atom stereocenters. The lowest BCUT2D eigenvalue weighted by molar-refractivity contribution is 0.574. The van der Waals surface area contributed by atoms with Crippen molar-refractivity contribution in [2.24, 2.45) is 0 Å². The highest BCUT2D eigenvalue weighted by Gasteiger charge is 2.14. The van der Waals surface area contributed by atoms with Gasteiger partial charge in [-0.2, -0.15) is 0 Å². The Labute approximate surface area is 146 Å². The van der Waals surface area contributed by atoms with E-state index in [-0.39, 0.29) is 5.56 Å². The number of hydrogen-bond acceptors (Lipinski definition) is 7. The maximum Gasteiger partial charge on any atom is 0.258 e. The van der Waals surface area contributed by atoms with Gasteiger partial charge in [0.25, 0.3) is 5.56 Å². The van der Waals surface area contributed by atoms with E-state index in [0.717, 1.165) is 5.56 Å². The normalized spacial score (nSPS) is 11.2. The number of pyridine rings is 1. The minimum atomic E-state index is -0.116. The minimum Gasteiger partial charge on any atom is -0.461 e. The molecule has 126 valence electrons. The summed E-state index contributed by atoms with van der Waals surface area (Å²) in [6, 6.07) is 8.78. The Morgan fingerprint density at radius 2 is 2.16 bits per heavy atom. The Bertz CT molecular complexity index is 1100. The van der Waals surface area contributed by atoms with E-state index in [1.54, 1.807) is 24.6 Å². The molecule has 0 bridgehead atoms. The molecule has 9 heteroatoms. The second-order valence-electron chi connectivity index (χ2n) is 5.46. The molecule has 0 aliphatic carbocycles. The summed E-state index contributed by atoms with van der Waals surface area (Å²) in [4.78, 5) is 16.7. The van der Waals surface area contributed by atoms with Crippen molar-refractivity contribution in [1.82, 2.24) is 24.3 Å². The molecule has 8 nitrogen and oxygen atoms in total. The smallest absolute Gasteiger partial charge is 0.258 e. The van der Waals surface area contributed by atoms with E-state index < -0.39 is 0 Å². The molecule has 0 atom stereocenters. The van der Waals surface area contributed by atoms with Gasteiger partial charge < -0.3 is 10.3 Å². The predicted octanol–water partition coefficient (Wildman–Crippen LogP) is 1.86. The van der Waals surface area contributed by atoms with Crippen LogP contribution in [0.5, 0.6) is 0 Å². The number of thioether (sulfide) groups is 1. The van der Waals surface area contributed by atoms with E-state index >= 15 is 0 Å². The topological polar surface area (TPSA) is 104 Å². The van der Waals surface area contributed by atoms with Crippen LogP contribution in [0.4, 0.5) is 0 Å². The van der Waals surface area contributed by atoms with Crippen molar-refractivity contribution in [3.05, 3.63) is 64.4 Å². The second-order valence-corrected chi connectivity index (χ2v) is 6.41. The Hall–Kier alpha value is -3.07. The third-order valence-electron chi connectivity index (χ3n) is 3.62. The zero-order chi connectivity index (χ0) is 17.4. The summed E-state index contributed by atoms with van der Waals surface area (Å²) >= 11 is 1.35. The van der Waals surface area contributed by atoms with Gasteiger partial charge in [0.1, 0.15) is 5.65 Å². The van der Waals surface area contributed by atoms with Gasteiger partial charge in [0.2, 0.25) is 11.0 Å². The first-order valence-corrected chi connectivity index (χ1v) is 8.46. The van der Waals surface area contributed by atoms with Crippen LogP contribution in [0.25, 0.3) is 17.2 Å². The molecule has 4 rings (SSSR count). The number of rotatable bonds is 4. The van der Waals surface area contributed by atoms with E-state index in [1.165, 1.54) is 26.9 Å². The Kier molecular flexibility index (Phi) is 3.77. The second kappa shape index (κ2) is 6.10. The van der Waals surface area contributed by atoms with Crippen molar-refractivity contribution in [2.75, 3.05) is 5.84 Å². The molecule has 0 fully saturated rings. The lowest BCUT2D eigenvalue weighted by Crippen LogP contribution is -2.15. The van der Waals surface area contributed by atoms with Crippen LogP contribution in [0.2, 0.25) is 0 Å². The van der Waals surface area contributed by atoms with Crippen LogP contribution in [-0.2, 0) is 5.75 Å². The number of aryl methyl sites for hydroxylation is 1. The minimum absolute atomic E-state index is 0.116. The third kappa shape index (κ3) is 2.89. The number of furan rings is 1. The molecule has 0 radical (unpaired) electrons. The quantitative estimate of drug-likeness (QED) is 0.440. The van der Waals surface area contributed by atoms with Crippen molar-refractivity contribution in [3.63, 3.8) is 0 Å². The average Bonchev–Trinajstić information content (AvgIpc) is 3.23. The van der Waals surface area contributed by atoms with E-state index in [9.17, 15) is 4.79 Å². The van der Waals surface area contributed by atoms with Crippen LogP contribution in [0.3, 0.4) is 0 Å². The van der Waals surface area contributed by atoms with Crippen LogP contribution >= 0.6 is 11.8 Å². The predicted molar refractivity (Wildman–Crippen MR) is 93.6 cm³/mol. The van der Waals surface area contributed by atoms with Crippen LogP contribution in [0, 0.1) is 6.92 Å². The standard InChI is InChI=1S/C16H14N6O2S/c1-10-4-5-13-18-11(7-14(23)21(13)8-10)9-25-16-20-19-15(22(16)17)12-3-2-6-24-12/h2-8H,9,17H2,1H3. The Morgan fingerprint density at radius 3 is 2.96 bits per heavy atom. The number of hydrogen-bond donors (Lipinski definition) is 1. The zero-order valence-corrected chi connectivity index (χ0v) is 14.1. The van der Waals surface area contributed by atoms with Crippen molar-refractivity contribution in [3.8, 4) is 11.6 Å². The zero-order valence-electron chi connectivity index (χ0n) is 13.3.